The van der Waals surface area contributed by atoms with Gasteiger partial charge < -0.3 is 15.3 Å². The summed E-state index contributed by atoms with van der Waals surface area (Å²) in [4.78, 5) is 32.6. The number of hydrogen-bond acceptors (Lipinski definition) is 6. The van der Waals surface area contributed by atoms with Gasteiger partial charge in [-0.3, -0.25) is 14.2 Å². The Morgan fingerprint density at radius 2 is 1.89 bits per heavy atom. The van der Waals surface area contributed by atoms with Gasteiger partial charge in [0, 0.05) is 18.0 Å². The average molecular weight is 515 g/mol. The van der Waals surface area contributed by atoms with E-state index in [0.717, 1.165) is 34.1 Å². The molecule has 0 saturated carbocycles. The van der Waals surface area contributed by atoms with Gasteiger partial charge in [0.15, 0.2) is 0 Å². The number of fused-ring (bicyclic) bond motifs is 1. The summed E-state index contributed by atoms with van der Waals surface area (Å²) >= 11 is 0.903. The minimum absolute atomic E-state index is 0.137. The molecule has 0 aliphatic carbocycles. The molecule has 1 aromatic carbocycles. The number of carbonyl (C=O) groups excluding carboxylic acids is 1. The Kier molecular flexibility index (Phi) is 6.27. The molecule has 1 amide bonds. The van der Waals surface area contributed by atoms with Gasteiger partial charge in [0.2, 0.25) is 0 Å². The number of carbonyl (C=O) groups is 1. The maximum atomic E-state index is 14.7. The molecule has 2 N–H and O–H groups in total. The van der Waals surface area contributed by atoms with E-state index in [1.807, 2.05) is 0 Å². The van der Waals surface area contributed by atoms with Crippen molar-refractivity contribution in [2.75, 3.05) is 18.5 Å². The lowest BCUT2D eigenvalue weighted by Crippen LogP contribution is -2.37. The second kappa shape index (κ2) is 9.40. The van der Waals surface area contributed by atoms with E-state index in [1.165, 1.54) is 31.2 Å². The van der Waals surface area contributed by atoms with Crippen LogP contribution in [0.3, 0.4) is 0 Å². The SMILES string of the molecule is Cc1nc(Nc2c(C(=O)N3CCC[C@@H]3CO)sc3c2ccc(=O)n3-c2c(F)cccc2F)ccc1F. The van der Waals surface area contributed by atoms with Crippen LogP contribution >= 0.6 is 11.3 Å². The lowest BCUT2D eigenvalue weighted by molar-refractivity contribution is 0.0683. The van der Waals surface area contributed by atoms with Gasteiger partial charge in [-0.05, 0) is 50.1 Å². The molecule has 186 valence electrons. The number of benzene rings is 1. The van der Waals surface area contributed by atoms with Crippen LogP contribution in [0.4, 0.5) is 24.7 Å². The largest absolute Gasteiger partial charge is 0.394 e. The molecular formula is C25H21F3N4O3S. The number of rotatable bonds is 5. The molecular weight excluding hydrogens is 493 g/mol. The fraction of sp³-hybridized carbons (Fsp3) is 0.240. The van der Waals surface area contributed by atoms with Gasteiger partial charge in [-0.15, -0.1) is 11.3 Å². The summed E-state index contributed by atoms with van der Waals surface area (Å²) in [5.41, 5.74) is -0.821. The number of amides is 1. The highest BCUT2D eigenvalue weighted by molar-refractivity contribution is 7.21. The van der Waals surface area contributed by atoms with Gasteiger partial charge in [-0.1, -0.05) is 6.07 Å². The molecule has 7 nitrogen and oxygen atoms in total. The van der Waals surface area contributed by atoms with Crippen LogP contribution in [0.5, 0.6) is 0 Å². The minimum atomic E-state index is -0.934. The summed E-state index contributed by atoms with van der Waals surface area (Å²) in [6.45, 7) is 1.72. The van der Waals surface area contributed by atoms with Crippen LogP contribution in [-0.2, 0) is 0 Å². The number of likely N-dealkylation sites (tertiary alicyclic amines) is 1. The molecule has 4 aromatic rings. The van der Waals surface area contributed by atoms with E-state index < -0.39 is 34.6 Å². The molecule has 0 unspecified atom stereocenters. The first kappa shape index (κ1) is 24.0. The Morgan fingerprint density at radius 3 is 2.58 bits per heavy atom. The first-order valence-electron chi connectivity index (χ1n) is 11.2. The number of nitrogens with zero attached hydrogens (tertiary/aromatic N) is 3. The smallest absolute Gasteiger partial charge is 0.266 e. The van der Waals surface area contributed by atoms with E-state index in [2.05, 4.69) is 10.3 Å². The lowest BCUT2D eigenvalue weighted by atomic mass is 10.2. The zero-order valence-electron chi connectivity index (χ0n) is 19.1. The van der Waals surface area contributed by atoms with Crippen LogP contribution in [0.1, 0.15) is 28.2 Å². The van der Waals surface area contributed by atoms with Gasteiger partial charge in [0.25, 0.3) is 11.5 Å². The molecule has 4 heterocycles. The zero-order valence-corrected chi connectivity index (χ0v) is 19.9. The van der Waals surface area contributed by atoms with Gasteiger partial charge in [0.05, 0.1) is 24.0 Å². The predicted molar refractivity (Wildman–Crippen MR) is 131 cm³/mol. The second-order valence-electron chi connectivity index (χ2n) is 8.47. The summed E-state index contributed by atoms with van der Waals surface area (Å²) < 4.78 is 44.2. The number of para-hydroxylation sites is 1. The molecule has 5 rings (SSSR count). The Morgan fingerprint density at radius 1 is 1.14 bits per heavy atom. The average Bonchev–Trinajstić information content (AvgIpc) is 3.47. The molecule has 0 spiro atoms. The van der Waals surface area contributed by atoms with E-state index in [4.69, 9.17) is 0 Å². The van der Waals surface area contributed by atoms with Crippen LogP contribution in [0.2, 0.25) is 0 Å². The number of anilines is 2. The van der Waals surface area contributed by atoms with Crippen molar-refractivity contribution in [3.05, 3.63) is 80.8 Å². The van der Waals surface area contributed by atoms with Gasteiger partial charge in [-0.2, -0.15) is 0 Å². The molecule has 0 bridgehead atoms. The predicted octanol–water partition coefficient (Wildman–Crippen LogP) is 4.51. The first-order chi connectivity index (χ1) is 17.3. The fourth-order valence-corrected chi connectivity index (χ4v) is 5.65. The van der Waals surface area contributed by atoms with Crippen LogP contribution < -0.4 is 10.9 Å². The quantitative estimate of drug-likeness (QED) is 0.409. The summed E-state index contributed by atoms with van der Waals surface area (Å²) in [5, 5.41) is 13.1. The van der Waals surface area contributed by atoms with Crippen molar-refractivity contribution in [2.24, 2.45) is 0 Å². The highest BCUT2D eigenvalue weighted by Crippen LogP contribution is 2.40. The van der Waals surface area contributed by atoms with Crippen molar-refractivity contribution in [3.8, 4) is 5.69 Å². The van der Waals surface area contributed by atoms with Gasteiger partial charge in [0.1, 0.15) is 38.7 Å². The van der Waals surface area contributed by atoms with E-state index >= 15 is 0 Å². The molecule has 36 heavy (non-hydrogen) atoms. The molecule has 1 saturated heterocycles. The standard InChI is InChI=1S/C25H21F3N4O3S/c1-13-16(26)8-9-19(29-13)30-21-15-7-10-20(34)32(22-17(27)5-2-6-18(22)28)25(15)36-23(21)24(35)31-11-3-4-14(31)12-33/h2,5-10,14,33H,3-4,11-12H2,1H3,(H,29,30)/t14-/m1/s1. The molecule has 1 aliphatic heterocycles. The molecule has 1 aliphatic rings. The summed E-state index contributed by atoms with van der Waals surface area (Å²) in [7, 11) is 0. The van der Waals surface area contributed by atoms with E-state index in [1.54, 1.807) is 4.90 Å². The van der Waals surface area contributed by atoms with Crippen molar-refractivity contribution >= 4 is 39.0 Å². The number of pyridine rings is 2. The van der Waals surface area contributed by atoms with Crippen LogP contribution in [0.15, 0.2) is 47.3 Å². The fourth-order valence-electron chi connectivity index (χ4n) is 4.44. The summed E-state index contributed by atoms with van der Waals surface area (Å²) in [5.74, 6) is -2.52. The number of nitrogens with one attached hydrogen (secondary N) is 1. The maximum absolute atomic E-state index is 14.7. The zero-order chi connectivity index (χ0) is 25.6. The minimum Gasteiger partial charge on any atom is -0.394 e. The summed E-state index contributed by atoms with van der Waals surface area (Å²) in [6.07, 6.45) is 1.36. The van der Waals surface area contributed by atoms with Gasteiger partial charge >= 0.3 is 0 Å². The lowest BCUT2D eigenvalue weighted by Gasteiger charge is -2.23. The van der Waals surface area contributed by atoms with Gasteiger partial charge in [-0.25, -0.2) is 18.2 Å². The molecule has 3 aromatic heterocycles. The molecule has 11 heteroatoms. The van der Waals surface area contributed by atoms with Crippen LogP contribution in [-0.4, -0.2) is 44.7 Å². The third-order valence-corrected chi connectivity index (χ3v) is 7.40. The number of aromatic nitrogens is 2. The number of thiophene rings is 1. The number of aliphatic hydroxyl groups excluding tert-OH is 1. The third-order valence-electron chi connectivity index (χ3n) is 6.22. The van der Waals surface area contributed by atoms with E-state index in [9.17, 15) is 27.9 Å². The number of hydrogen-bond donors (Lipinski definition) is 2. The number of aliphatic hydroxyl groups is 1. The molecule has 0 radical (unpaired) electrons. The van der Waals surface area contributed by atoms with E-state index in [-0.39, 0.29) is 39.6 Å². The maximum Gasteiger partial charge on any atom is 0.266 e. The Hall–Kier alpha value is -3.70. The van der Waals surface area contributed by atoms with Crippen molar-refractivity contribution in [1.82, 2.24) is 14.5 Å². The Labute approximate surface area is 207 Å². The number of aryl methyl sites for hydroxylation is 1. The Balaban J connectivity index is 1.76. The first-order valence-corrected chi connectivity index (χ1v) is 12.1. The highest BCUT2D eigenvalue weighted by Gasteiger charge is 2.33. The third kappa shape index (κ3) is 4.03. The Bertz CT molecular complexity index is 1530. The van der Waals surface area contributed by atoms with E-state index in [0.29, 0.717) is 24.8 Å². The number of halogens is 3. The molecule has 1 fully saturated rings. The molecule has 1 atom stereocenters. The second-order valence-corrected chi connectivity index (χ2v) is 9.47. The topological polar surface area (TPSA) is 87.5 Å². The van der Waals surface area contributed by atoms with Crippen molar-refractivity contribution < 1.29 is 23.1 Å². The summed E-state index contributed by atoms with van der Waals surface area (Å²) in [6, 6.07) is 8.18. The highest BCUT2D eigenvalue weighted by atomic mass is 32.1. The van der Waals surface area contributed by atoms with Crippen LogP contribution in [0.25, 0.3) is 15.9 Å². The van der Waals surface area contributed by atoms with Crippen molar-refractivity contribution in [1.29, 1.82) is 0 Å². The normalized spacial score (nSPS) is 15.6. The van der Waals surface area contributed by atoms with Crippen molar-refractivity contribution in [2.45, 2.75) is 25.8 Å². The monoisotopic (exact) mass is 514 g/mol. The van der Waals surface area contributed by atoms with Crippen molar-refractivity contribution in [3.63, 3.8) is 0 Å². The van der Waals surface area contributed by atoms with Crippen LogP contribution in [0, 0.1) is 24.4 Å².